The summed E-state index contributed by atoms with van der Waals surface area (Å²) in [4.78, 5) is 33.1. The maximum atomic E-state index is 13.2. The van der Waals surface area contributed by atoms with Crippen molar-refractivity contribution < 1.29 is 4.79 Å². The Kier molecular flexibility index (Phi) is 5.48. The second kappa shape index (κ2) is 7.78. The Morgan fingerprint density at radius 3 is 2.66 bits per heavy atom. The minimum atomic E-state index is -0.250. The Balaban J connectivity index is 1.61. The highest BCUT2D eigenvalue weighted by molar-refractivity contribution is 7.99. The molecule has 1 saturated carbocycles. The van der Waals surface area contributed by atoms with Gasteiger partial charge in [0.15, 0.2) is 10.8 Å². The minimum absolute atomic E-state index is 0.0796. The predicted molar refractivity (Wildman–Crippen MR) is 115 cm³/mol. The molecule has 0 N–H and O–H groups in total. The van der Waals surface area contributed by atoms with Gasteiger partial charge in [0.2, 0.25) is 5.91 Å². The highest BCUT2D eigenvalue weighted by atomic mass is 32.2. The molecule has 0 bridgehead atoms. The van der Waals surface area contributed by atoms with Crippen LogP contribution >= 0.6 is 11.8 Å². The number of carbonyl (C=O) groups is 1. The van der Waals surface area contributed by atoms with E-state index >= 15 is 0 Å². The van der Waals surface area contributed by atoms with Crippen LogP contribution in [0.25, 0.3) is 11.0 Å². The van der Waals surface area contributed by atoms with Gasteiger partial charge in [-0.3, -0.25) is 14.2 Å². The summed E-state index contributed by atoms with van der Waals surface area (Å²) in [5, 5.41) is 5.64. The third-order valence-corrected chi connectivity index (χ3v) is 7.19. The maximum Gasteiger partial charge on any atom is 0.265 e. The van der Waals surface area contributed by atoms with Crippen molar-refractivity contribution in [1.29, 1.82) is 0 Å². The fourth-order valence-electron chi connectivity index (χ4n) is 4.62. The topological polar surface area (TPSA) is 73.0 Å². The molecule has 0 radical (unpaired) electrons. The quantitative estimate of drug-likeness (QED) is 0.711. The highest BCUT2D eigenvalue weighted by Crippen LogP contribution is 2.34. The Bertz CT molecular complexity index is 968. The summed E-state index contributed by atoms with van der Waals surface area (Å²) in [6.07, 6.45) is 7.86. The van der Waals surface area contributed by atoms with Crippen molar-refractivity contribution in [2.24, 2.45) is 0 Å². The Hall–Kier alpha value is -1.83. The lowest BCUT2D eigenvalue weighted by molar-refractivity contribution is -0.134. The molecule has 1 amide bonds. The standard InChI is InChI=1S/C21H31N5O2S/c1-5-24(14-9-7-6-8-10-14)17(27)11-15-13-29-20-23-18-16(19(28)25(15)20)12-22-26(18)21(2,3)4/h12,14-15H,5-11,13H2,1-4H3. The molecule has 1 aliphatic heterocycles. The summed E-state index contributed by atoms with van der Waals surface area (Å²) in [5.74, 6) is 0.876. The van der Waals surface area contributed by atoms with Crippen molar-refractivity contribution in [3.8, 4) is 0 Å². The van der Waals surface area contributed by atoms with Crippen LogP contribution in [0.2, 0.25) is 0 Å². The van der Waals surface area contributed by atoms with Crippen LogP contribution in [0.1, 0.15) is 72.3 Å². The van der Waals surface area contributed by atoms with Gasteiger partial charge >= 0.3 is 0 Å². The molecule has 2 aliphatic rings. The molecule has 1 fully saturated rings. The Labute approximate surface area is 175 Å². The average Bonchev–Trinajstić information content (AvgIpc) is 3.28. The molecule has 2 aromatic heterocycles. The van der Waals surface area contributed by atoms with Gasteiger partial charge in [0, 0.05) is 24.8 Å². The molecule has 1 atom stereocenters. The van der Waals surface area contributed by atoms with Gasteiger partial charge in [-0.15, -0.1) is 0 Å². The molecule has 0 saturated heterocycles. The number of thioether (sulfide) groups is 1. The van der Waals surface area contributed by atoms with Crippen LogP contribution in [0.3, 0.4) is 0 Å². The van der Waals surface area contributed by atoms with E-state index in [2.05, 4.69) is 12.0 Å². The molecule has 29 heavy (non-hydrogen) atoms. The fraction of sp³-hybridized carbons (Fsp3) is 0.714. The zero-order valence-electron chi connectivity index (χ0n) is 17.8. The van der Waals surface area contributed by atoms with Crippen LogP contribution in [-0.4, -0.2) is 48.5 Å². The van der Waals surface area contributed by atoms with Gasteiger partial charge in [0.1, 0.15) is 5.39 Å². The molecule has 3 heterocycles. The largest absolute Gasteiger partial charge is 0.340 e. The molecular weight excluding hydrogens is 386 g/mol. The third-order valence-electron chi connectivity index (χ3n) is 6.09. The predicted octanol–water partition coefficient (Wildman–Crippen LogP) is 3.57. The van der Waals surface area contributed by atoms with Gasteiger partial charge in [-0.05, 0) is 40.5 Å². The number of hydrogen-bond donors (Lipinski definition) is 0. The summed E-state index contributed by atoms with van der Waals surface area (Å²) in [5.41, 5.74) is 0.301. The lowest BCUT2D eigenvalue weighted by Gasteiger charge is -2.34. The zero-order valence-corrected chi connectivity index (χ0v) is 18.7. The van der Waals surface area contributed by atoms with E-state index in [9.17, 15) is 9.59 Å². The Morgan fingerprint density at radius 2 is 2.00 bits per heavy atom. The van der Waals surface area contributed by atoms with E-state index in [4.69, 9.17) is 4.98 Å². The van der Waals surface area contributed by atoms with E-state index in [0.29, 0.717) is 34.4 Å². The van der Waals surface area contributed by atoms with Gasteiger partial charge in [-0.2, -0.15) is 5.10 Å². The van der Waals surface area contributed by atoms with E-state index in [1.165, 1.54) is 19.3 Å². The van der Waals surface area contributed by atoms with E-state index in [1.54, 1.807) is 22.5 Å². The first kappa shape index (κ1) is 20.4. The van der Waals surface area contributed by atoms with Crippen molar-refractivity contribution >= 4 is 28.7 Å². The lowest BCUT2D eigenvalue weighted by Crippen LogP contribution is -2.42. The van der Waals surface area contributed by atoms with Gasteiger partial charge in [-0.1, -0.05) is 31.0 Å². The number of nitrogens with zero attached hydrogens (tertiary/aromatic N) is 5. The lowest BCUT2D eigenvalue weighted by atomic mass is 9.94. The van der Waals surface area contributed by atoms with Crippen molar-refractivity contribution in [3.63, 3.8) is 0 Å². The minimum Gasteiger partial charge on any atom is -0.340 e. The smallest absolute Gasteiger partial charge is 0.265 e. The first-order chi connectivity index (χ1) is 13.8. The summed E-state index contributed by atoms with van der Waals surface area (Å²) in [6, 6.07) is 0.222. The number of hydrogen-bond acceptors (Lipinski definition) is 5. The fourth-order valence-corrected chi connectivity index (χ4v) is 5.75. The second-order valence-corrected chi connectivity index (χ2v) is 10.2. The van der Waals surface area contributed by atoms with Crippen molar-refractivity contribution in [2.75, 3.05) is 12.3 Å². The van der Waals surface area contributed by atoms with Gasteiger partial charge < -0.3 is 4.90 Å². The maximum absolute atomic E-state index is 13.2. The molecule has 0 spiro atoms. The van der Waals surface area contributed by atoms with Crippen molar-refractivity contribution in [1.82, 2.24) is 24.2 Å². The van der Waals surface area contributed by atoms with E-state index in [0.717, 1.165) is 19.4 Å². The van der Waals surface area contributed by atoms with Crippen molar-refractivity contribution in [2.45, 2.75) is 89.0 Å². The van der Waals surface area contributed by atoms with Crippen molar-refractivity contribution in [3.05, 3.63) is 16.6 Å². The molecular formula is C21H31N5O2S. The summed E-state index contributed by atoms with van der Waals surface area (Å²) in [6.45, 7) is 8.93. The van der Waals surface area contributed by atoms with Gasteiger partial charge in [-0.25, -0.2) is 9.67 Å². The van der Waals surface area contributed by atoms with E-state index < -0.39 is 0 Å². The normalized spacial score (nSPS) is 20.2. The number of rotatable bonds is 4. The van der Waals surface area contributed by atoms with Crippen LogP contribution in [0, 0.1) is 0 Å². The molecule has 4 rings (SSSR count). The first-order valence-corrected chi connectivity index (χ1v) is 11.7. The molecule has 158 valence electrons. The second-order valence-electron chi connectivity index (χ2n) is 9.17. The average molecular weight is 418 g/mol. The van der Waals surface area contributed by atoms with E-state index in [-0.39, 0.29) is 23.0 Å². The first-order valence-electron chi connectivity index (χ1n) is 10.7. The molecule has 1 aliphatic carbocycles. The third kappa shape index (κ3) is 3.71. The molecule has 8 heteroatoms. The molecule has 1 unspecified atom stereocenters. The highest BCUT2D eigenvalue weighted by Gasteiger charge is 2.33. The van der Waals surface area contributed by atoms with Crippen LogP contribution in [-0.2, 0) is 10.3 Å². The summed E-state index contributed by atoms with van der Waals surface area (Å²) < 4.78 is 3.54. The molecule has 2 aromatic rings. The van der Waals surface area contributed by atoms with E-state index in [1.807, 2.05) is 30.4 Å². The summed E-state index contributed by atoms with van der Waals surface area (Å²) in [7, 11) is 0. The van der Waals surface area contributed by atoms with Gasteiger partial charge in [0.25, 0.3) is 5.56 Å². The van der Waals surface area contributed by atoms with Crippen LogP contribution in [0.4, 0.5) is 0 Å². The van der Waals surface area contributed by atoms with Crippen LogP contribution in [0.5, 0.6) is 0 Å². The van der Waals surface area contributed by atoms with Crippen LogP contribution < -0.4 is 5.56 Å². The summed E-state index contributed by atoms with van der Waals surface area (Å²) >= 11 is 1.56. The SMILES string of the molecule is CCN(C(=O)CC1CSc2nc3c(cnn3C(C)(C)C)c(=O)n21)C1CCCCC1. The molecule has 7 nitrogen and oxygen atoms in total. The number of fused-ring (bicyclic) bond motifs is 2. The zero-order chi connectivity index (χ0) is 20.8. The number of aromatic nitrogens is 4. The monoisotopic (exact) mass is 417 g/mol. The molecule has 0 aromatic carbocycles. The van der Waals surface area contributed by atoms with Crippen LogP contribution in [0.15, 0.2) is 16.1 Å². The number of amides is 1. The van der Waals surface area contributed by atoms with Gasteiger partial charge in [0.05, 0.1) is 17.8 Å². The number of carbonyl (C=O) groups excluding carboxylic acids is 1. The Morgan fingerprint density at radius 1 is 1.28 bits per heavy atom.